The monoisotopic (exact) mass is 381 g/mol. The number of rotatable bonds is 4. The number of hydrogen-bond donors (Lipinski definition) is 3. The van der Waals surface area contributed by atoms with Crippen LogP contribution in [0.15, 0.2) is 35.6 Å². The smallest absolute Gasteiger partial charge is 0.261 e. The number of allylic oxidation sites excluding steroid dienone is 1. The molecule has 0 fully saturated rings. The minimum atomic E-state index is -0.443. The molecule has 2 aliphatic heterocycles. The number of H-pyrrole nitrogens is 1. The summed E-state index contributed by atoms with van der Waals surface area (Å²) in [4.78, 5) is 30.2. The molecular weight excluding hydrogens is 354 g/mol. The zero-order valence-corrected chi connectivity index (χ0v) is 16.4. The van der Waals surface area contributed by atoms with Crippen molar-refractivity contribution in [2.75, 3.05) is 13.6 Å². The van der Waals surface area contributed by atoms with E-state index >= 15 is 0 Å². The van der Waals surface area contributed by atoms with Gasteiger partial charge < -0.3 is 15.4 Å². The third-order valence-electron chi connectivity index (χ3n) is 6.05. The van der Waals surface area contributed by atoms with Gasteiger partial charge in [0, 0.05) is 42.5 Å². The highest BCUT2D eigenvalue weighted by molar-refractivity contribution is 6.06. The van der Waals surface area contributed by atoms with Crippen molar-refractivity contribution in [3.8, 4) is 0 Å². The van der Waals surface area contributed by atoms with Gasteiger partial charge in [-0.05, 0) is 24.5 Å². The molecule has 0 aliphatic carbocycles. The summed E-state index contributed by atoms with van der Waals surface area (Å²) in [6.45, 7) is 2.79. The van der Waals surface area contributed by atoms with Crippen molar-refractivity contribution in [1.29, 1.82) is 0 Å². The van der Waals surface area contributed by atoms with Crippen LogP contribution in [-0.4, -0.2) is 40.4 Å². The second-order valence-electron chi connectivity index (χ2n) is 7.80. The minimum Gasteiger partial charge on any atom is -0.511 e. The number of fused-ring (bicyclic) bond motifs is 3. The van der Waals surface area contributed by atoms with Crippen LogP contribution in [0.3, 0.4) is 0 Å². The number of aliphatic hydroxyl groups excluding tert-OH is 1. The summed E-state index contributed by atoms with van der Waals surface area (Å²) in [5.41, 5.74) is 3.42. The Kier molecular flexibility index (Phi) is 4.98. The van der Waals surface area contributed by atoms with Gasteiger partial charge in [-0.3, -0.25) is 14.5 Å². The lowest BCUT2D eigenvalue weighted by atomic mass is 9.88. The summed E-state index contributed by atoms with van der Waals surface area (Å²) in [5.74, 6) is -0.890. The highest BCUT2D eigenvalue weighted by Gasteiger charge is 2.39. The first-order chi connectivity index (χ1) is 13.5. The SMILES string of the molecule is CCCCC1CC(=O)N(C)C(=O)C(C2NCCc3c2[nH]c2ccccc32)=C1O. The number of aromatic amines is 1. The number of aliphatic hydroxyl groups is 1. The molecule has 3 N–H and O–H groups in total. The molecule has 1 aromatic heterocycles. The molecule has 6 nitrogen and oxygen atoms in total. The lowest BCUT2D eigenvalue weighted by Crippen LogP contribution is -2.39. The predicted molar refractivity (Wildman–Crippen MR) is 108 cm³/mol. The number of nitrogens with one attached hydrogen (secondary N) is 2. The quantitative estimate of drug-likeness (QED) is 0.709. The van der Waals surface area contributed by atoms with E-state index < -0.39 is 11.9 Å². The fourth-order valence-electron chi connectivity index (χ4n) is 4.46. The first kappa shape index (κ1) is 18.7. The molecule has 148 valence electrons. The van der Waals surface area contributed by atoms with Crippen molar-refractivity contribution >= 4 is 22.7 Å². The summed E-state index contributed by atoms with van der Waals surface area (Å²) < 4.78 is 0. The number of carbonyl (C=O) groups excluding carboxylic acids is 2. The zero-order chi connectivity index (χ0) is 19.8. The number of aromatic nitrogens is 1. The van der Waals surface area contributed by atoms with Crippen LogP contribution < -0.4 is 5.32 Å². The molecule has 0 saturated heterocycles. The first-order valence-electron chi connectivity index (χ1n) is 10.1. The van der Waals surface area contributed by atoms with E-state index in [0.29, 0.717) is 18.5 Å². The normalized spacial score (nSPS) is 23.3. The highest BCUT2D eigenvalue weighted by atomic mass is 16.3. The number of likely N-dealkylation sites (N-methyl/N-ethyl adjacent to an activating group) is 1. The van der Waals surface area contributed by atoms with Gasteiger partial charge in [0.15, 0.2) is 0 Å². The zero-order valence-electron chi connectivity index (χ0n) is 16.4. The van der Waals surface area contributed by atoms with Crippen LogP contribution >= 0.6 is 0 Å². The standard InChI is InChI=1S/C22H27N3O3/c1-3-4-7-13-12-17(26)25(2)22(28)18(21(13)27)20-19-15(10-11-23-20)14-8-5-6-9-16(14)24-19/h5-6,8-9,13,20,23-24,27H,3-4,7,10-12H2,1-2H3. The number of nitrogens with zero attached hydrogens (tertiary/aromatic N) is 1. The third-order valence-corrected chi connectivity index (χ3v) is 6.05. The Labute approximate surface area is 164 Å². The van der Waals surface area contributed by atoms with Gasteiger partial charge in [0.25, 0.3) is 5.91 Å². The van der Waals surface area contributed by atoms with Crippen molar-refractivity contribution in [3.05, 3.63) is 46.9 Å². The van der Waals surface area contributed by atoms with Crippen LogP contribution in [0.2, 0.25) is 0 Å². The highest BCUT2D eigenvalue weighted by Crippen LogP contribution is 2.38. The summed E-state index contributed by atoms with van der Waals surface area (Å²) in [7, 11) is 1.51. The molecule has 6 heteroatoms. The molecule has 0 saturated carbocycles. The molecule has 2 unspecified atom stereocenters. The van der Waals surface area contributed by atoms with E-state index in [1.807, 2.05) is 18.2 Å². The van der Waals surface area contributed by atoms with E-state index in [-0.39, 0.29) is 24.0 Å². The van der Waals surface area contributed by atoms with Crippen LogP contribution in [0.4, 0.5) is 0 Å². The second kappa shape index (κ2) is 7.43. The topological polar surface area (TPSA) is 85.4 Å². The lowest BCUT2D eigenvalue weighted by Gasteiger charge is -2.28. The predicted octanol–water partition coefficient (Wildman–Crippen LogP) is 3.36. The summed E-state index contributed by atoms with van der Waals surface area (Å²) in [6.07, 6.45) is 3.61. The van der Waals surface area contributed by atoms with Gasteiger partial charge in [-0.2, -0.15) is 0 Å². The summed E-state index contributed by atoms with van der Waals surface area (Å²) in [6, 6.07) is 7.65. The van der Waals surface area contributed by atoms with E-state index in [0.717, 1.165) is 40.8 Å². The van der Waals surface area contributed by atoms with Gasteiger partial charge in [0.05, 0.1) is 11.6 Å². The molecule has 2 atom stereocenters. The molecule has 28 heavy (non-hydrogen) atoms. The molecule has 3 heterocycles. The Morgan fingerprint density at radius 2 is 2.04 bits per heavy atom. The van der Waals surface area contributed by atoms with Gasteiger partial charge in [-0.25, -0.2) is 0 Å². The fraction of sp³-hybridized carbons (Fsp3) is 0.455. The average molecular weight is 381 g/mol. The largest absolute Gasteiger partial charge is 0.511 e. The molecule has 2 aromatic rings. The Hall–Kier alpha value is -2.60. The van der Waals surface area contributed by atoms with Gasteiger partial charge in [0.1, 0.15) is 5.76 Å². The van der Waals surface area contributed by atoms with Crippen molar-refractivity contribution in [1.82, 2.24) is 15.2 Å². The van der Waals surface area contributed by atoms with E-state index in [1.54, 1.807) is 0 Å². The van der Waals surface area contributed by atoms with Gasteiger partial charge in [-0.1, -0.05) is 38.0 Å². The van der Waals surface area contributed by atoms with Crippen molar-refractivity contribution < 1.29 is 14.7 Å². The van der Waals surface area contributed by atoms with Crippen LogP contribution in [0, 0.1) is 5.92 Å². The molecule has 2 aliphatic rings. The first-order valence-corrected chi connectivity index (χ1v) is 10.1. The van der Waals surface area contributed by atoms with Gasteiger partial charge in [-0.15, -0.1) is 0 Å². The average Bonchev–Trinajstić information content (AvgIpc) is 3.06. The third kappa shape index (κ3) is 3.02. The maximum Gasteiger partial charge on any atom is 0.261 e. The number of carbonyl (C=O) groups is 2. The molecule has 0 radical (unpaired) electrons. The van der Waals surface area contributed by atoms with E-state index in [1.165, 1.54) is 12.6 Å². The minimum absolute atomic E-state index is 0.0696. The maximum absolute atomic E-state index is 13.1. The van der Waals surface area contributed by atoms with Crippen LogP contribution in [0.1, 0.15) is 49.9 Å². The summed E-state index contributed by atoms with van der Waals surface area (Å²) in [5, 5.41) is 15.7. The van der Waals surface area contributed by atoms with Crippen LogP contribution in [-0.2, 0) is 16.0 Å². The van der Waals surface area contributed by atoms with Crippen molar-refractivity contribution in [2.45, 2.75) is 45.1 Å². The van der Waals surface area contributed by atoms with E-state index in [9.17, 15) is 14.7 Å². The van der Waals surface area contributed by atoms with Crippen molar-refractivity contribution in [2.24, 2.45) is 5.92 Å². The van der Waals surface area contributed by atoms with Gasteiger partial charge >= 0.3 is 0 Å². The Balaban J connectivity index is 1.84. The fourth-order valence-corrected chi connectivity index (χ4v) is 4.46. The summed E-state index contributed by atoms with van der Waals surface area (Å²) >= 11 is 0. The number of unbranched alkanes of at least 4 members (excludes halogenated alkanes) is 1. The molecule has 4 rings (SSSR count). The molecule has 2 amide bonds. The number of hydrogen-bond acceptors (Lipinski definition) is 4. The molecule has 1 aromatic carbocycles. The van der Waals surface area contributed by atoms with E-state index in [4.69, 9.17) is 0 Å². The Morgan fingerprint density at radius 1 is 1.25 bits per heavy atom. The maximum atomic E-state index is 13.1. The Morgan fingerprint density at radius 3 is 2.82 bits per heavy atom. The molecule has 0 bridgehead atoms. The molecular formula is C22H27N3O3. The van der Waals surface area contributed by atoms with Crippen molar-refractivity contribution in [3.63, 3.8) is 0 Å². The Bertz CT molecular complexity index is 959. The van der Waals surface area contributed by atoms with Gasteiger partial charge in [0.2, 0.25) is 5.91 Å². The van der Waals surface area contributed by atoms with Crippen LogP contribution in [0.5, 0.6) is 0 Å². The second-order valence-corrected chi connectivity index (χ2v) is 7.80. The number of amides is 2. The molecule has 0 spiro atoms. The lowest BCUT2D eigenvalue weighted by molar-refractivity contribution is -0.140. The van der Waals surface area contributed by atoms with E-state index in [2.05, 4.69) is 23.3 Å². The number of benzene rings is 1. The van der Waals surface area contributed by atoms with Crippen LogP contribution in [0.25, 0.3) is 10.9 Å². The number of imide groups is 1. The number of para-hydroxylation sites is 1.